The molecule has 0 spiro atoms. The molecule has 5 heterocycles. The Labute approximate surface area is 609 Å². The van der Waals surface area contributed by atoms with Gasteiger partial charge in [-0.3, -0.25) is 33.4 Å². The molecule has 5 fully saturated rings. The third kappa shape index (κ3) is 21.7. The Balaban J connectivity index is -0.000000410. The zero-order valence-electron chi connectivity index (χ0n) is 57.4. The second kappa shape index (κ2) is 35.4. The van der Waals surface area contributed by atoms with E-state index in [1.807, 2.05) is 0 Å². The van der Waals surface area contributed by atoms with Gasteiger partial charge in [0.15, 0.2) is 6.10 Å². The smallest absolute Gasteiger partial charge is 0.450 e. The van der Waals surface area contributed by atoms with Crippen molar-refractivity contribution >= 4 is 29.8 Å². The topological polar surface area (TPSA) is 279 Å². The molecule has 5 saturated heterocycles. The molecule has 5 N–H and O–H groups in total. The van der Waals surface area contributed by atoms with Gasteiger partial charge in [-0.25, -0.2) is 0 Å². The lowest BCUT2D eigenvalue weighted by atomic mass is 9.88. The van der Waals surface area contributed by atoms with Gasteiger partial charge in [0, 0.05) is 0 Å². The lowest BCUT2D eigenvalue weighted by Gasteiger charge is -2.37. The van der Waals surface area contributed by atoms with Crippen molar-refractivity contribution in [1.82, 2.24) is 0 Å². The number of hydrogen-bond donors (Lipinski definition) is 5. The van der Waals surface area contributed by atoms with E-state index >= 15 is 0 Å². The molecule has 5 aliphatic rings. The van der Waals surface area contributed by atoms with Crippen LogP contribution in [0.15, 0.2) is 0 Å². The van der Waals surface area contributed by atoms with Crippen molar-refractivity contribution in [2.45, 2.75) is 306 Å². The van der Waals surface area contributed by atoms with E-state index in [4.69, 9.17) is 25.2 Å². The van der Waals surface area contributed by atoms with Crippen LogP contribution in [-0.2, 0) is 71.3 Å². The third-order valence-electron chi connectivity index (χ3n) is 17.6. The van der Waals surface area contributed by atoms with Crippen molar-refractivity contribution < 1.29 is 215 Å². The van der Waals surface area contributed by atoms with E-state index in [2.05, 4.69) is 42.6 Å². The van der Waals surface area contributed by atoms with Gasteiger partial charge < -0.3 is 63.4 Å². The lowest BCUT2D eigenvalue weighted by Crippen LogP contribution is -2.64. The first-order valence-corrected chi connectivity index (χ1v) is 30.1. The van der Waals surface area contributed by atoms with E-state index in [0.29, 0.717) is 12.8 Å². The van der Waals surface area contributed by atoms with Gasteiger partial charge >= 0.3 is 120 Å². The van der Waals surface area contributed by atoms with E-state index in [9.17, 15) is 148 Å². The Hall–Kier alpha value is -4.94. The Morgan fingerprint density at radius 3 is 1.04 bits per heavy atom. The van der Waals surface area contributed by atoms with Crippen LogP contribution in [0.1, 0.15) is 186 Å². The Kier molecular flexibility index (Phi) is 36.6. The van der Waals surface area contributed by atoms with Crippen LogP contribution in [0.2, 0.25) is 0 Å². The molecule has 5 rings (SSSR count). The van der Waals surface area contributed by atoms with Gasteiger partial charge in [0.1, 0.15) is 12.7 Å². The van der Waals surface area contributed by atoms with Crippen LogP contribution in [-0.4, -0.2) is 201 Å². The van der Waals surface area contributed by atoms with Gasteiger partial charge in [-0.2, -0.15) is 119 Å². The highest BCUT2D eigenvalue weighted by Gasteiger charge is 2.93. The van der Waals surface area contributed by atoms with Crippen LogP contribution >= 0.6 is 0 Å². The highest BCUT2D eigenvalue weighted by Crippen LogP contribution is 2.63. The third-order valence-corrected chi connectivity index (χ3v) is 17.6. The van der Waals surface area contributed by atoms with Gasteiger partial charge in [0.05, 0.1) is 59.2 Å². The first-order valence-electron chi connectivity index (χ1n) is 30.1. The summed E-state index contributed by atoms with van der Waals surface area (Å²) in [5.41, 5.74) is -10.2. The fourth-order valence-electron chi connectivity index (χ4n) is 7.64. The number of carbonyl (C=O) groups is 5. The lowest BCUT2D eigenvalue weighted by molar-refractivity contribution is -0.433. The molecule has 0 bridgehead atoms. The molecule has 0 saturated carbocycles. The normalized spacial score (nSPS) is 29.5. The summed E-state index contributed by atoms with van der Waals surface area (Å²) in [4.78, 5) is 58.3. The minimum atomic E-state index is -6.26. The molecule has 10 atom stereocenters. The van der Waals surface area contributed by atoms with Crippen LogP contribution in [0.3, 0.4) is 0 Å². The zero-order valence-corrected chi connectivity index (χ0v) is 57.4. The highest BCUT2D eigenvalue weighted by molar-refractivity contribution is 5.78. The number of halogens is 27. The number of hydrogen-bond acceptors (Lipinski definition) is 20. The molecule has 0 aromatic carbocycles. The molecule has 0 aromatic heterocycles. The summed E-state index contributed by atoms with van der Waals surface area (Å²) in [5, 5.41) is 45.2. The first-order chi connectivity index (χ1) is 45.5. The van der Waals surface area contributed by atoms with Gasteiger partial charge in [-0.1, -0.05) is 71.8 Å². The summed E-state index contributed by atoms with van der Waals surface area (Å²) < 4.78 is 391. The van der Waals surface area contributed by atoms with Crippen LogP contribution < -0.4 is 0 Å². The van der Waals surface area contributed by atoms with Crippen molar-refractivity contribution in [3.63, 3.8) is 0 Å². The highest BCUT2D eigenvalue weighted by atomic mass is 19.4. The number of carbonyl (C=O) groups excluding carboxylic acids is 5. The average Bonchev–Trinajstić information content (AvgIpc) is 1.53. The Morgan fingerprint density at radius 1 is 0.394 bits per heavy atom. The van der Waals surface area contributed by atoms with E-state index < -0.39 is 215 Å². The number of ether oxygens (including phenoxy) is 10. The van der Waals surface area contributed by atoms with Crippen molar-refractivity contribution in [3.05, 3.63) is 0 Å². The second-order valence-electron chi connectivity index (χ2n) is 27.3. The molecule has 654 valence electrons. The molecule has 0 aliphatic carbocycles. The monoisotopic (exact) mass is 1670 g/mol. The van der Waals surface area contributed by atoms with Gasteiger partial charge in [0.25, 0.3) is 17.5 Å². The molecule has 0 amide bonds. The maximum absolute atomic E-state index is 14.0. The zero-order chi connectivity index (χ0) is 83.3. The SMILES string of the molecule is C.C.C.C.C.CCC(C)(C)C(=O)OC1(C)C(F)(F)OC(O)(C(F)(F)F)C1(F)F.CCC(C)(C)C(=O)OC1C(F)(F)OC(O)(C(F)(F)F)C1(F)F.CCC(C)(C)C(=O)OC1COC(O)(C(F)(F)F)C1.CCC(C)(C)C(=O)OC1COC(O)(C(F)(F)F)C1(F)F.CCC(C)(C)C(=O)OCC1COC(O)(C(F)(F)F)C1(F)F. The molecule has 0 aromatic rings. The van der Waals surface area contributed by atoms with E-state index in [1.165, 1.54) is 55.4 Å². The van der Waals surface area contributed by atoms with E-state index in [0.717, 1.165) is 13.8 Å². The summed E-state index contributed by atoms with van der Waals surface area (Å²) in [7, 11) is 0. The number of esters is 5. The number of aliphatic hydroxyl groups is 5. The predicted molar refractivity (Wildman–Crippen MR) is 322 cm³/mol. The quantitative estimate of drug-likeness (QED) is 0.0545. The summed E-state index contributed by atoms with van der Waals surface area (Å²) in [5.74, 6) is -51.8. The molecule has 109 heavy (non-hydrogen) atoms. The molecule has 10 unspecified atom stereocenters. The van der Waals surface area contributed by atoms with Crippen LogP contribution in [0.4, 0.5) is 119 Å². The fraction of sp³-hybridized carbons (Fsp3) is 0.919. The molecule has 5 aliphatic heterocycles. The minimum Gasteiger partial charge on any atom is -0.465 e. The summed E-state index contributed by atoms with van der Waals surface area (Å²) >= 11 is 0. The van der Waals surface area contributed by atoms with Crippen LogP contribution in [0, 0.1) is 33.0 Å². The molecular formula is C62H97F27O20. The predicted octanol–water partition coefficient (Wildman–Crippen LogP) is 16.0. The van der Waals surface area contributed by atoms with Crippen molar-refractivity contribution in [3.8, 4) is 0 Å². The maximum atomic E-state index is 14.0. The van der Waals surface area contributed by atoms with Crippen molar-refractivity contribution in [2.24, 2.45) is 33.0 Å². The minimum absolute atomic E-state index is 0. The Morgan fingerprint density at radius 2 is 0.725 bits per heavy atom. The first kappa shape index (κ1) is 113. The number of rotatable bonds is 16. The summed E-state index contributed by atoms with van der Waals surface area (Å²) in [6, 6.07) is 0. The largest absolute Gasteiger partial charge is 0.465 e. The Bertz CT molecular complexity index is 2990. The van der Waals surface area contributed by atoms with Gasteiger partial charge in [0.2, 0.25) is 0 Å². The second-order valence-corrected chi connectivity index (χ2v) is 27.3. The summed E-state index contributed by atoms with van der Waals surface area (Å²) in [6.07, 6.45) is -46.5. The van der Waals surface area contributed by atoms with E-state index in [-0.39, 0.29) is 63.3 Å². The fourth-order valence-corrected chi connectivity index (χ4v) is 7.64. The van der Waals surface area contributed by atoms with Gasteiger partial charge in [-0.15, -0.1) is 0 Å². The van der Waals surface area contributed by atoms with Crippen molar-refractivity contribution in [2.75, 3.05) is 26.4 Å². The average molecular weight is 1680 g/mol. The van der Waals surface area contributed by atoms with Crippen LogP contribution in [0.5, 0.6) is 0 Å². The number of alkyl halides is 27. The van der Waals surface area contributed by atoms with Crippen molar-refractivity contribution in [1.29, 1.82) is 0 Å². The molecule has 47 heteroatoms. The molecular weight excluding hydrogens is 1580 g/mol. The maximum Gasteiger partial charge on any atom is 0.450 e. The van der Waals surface area contributed by atoms with Crippen LogP contribution in [0.25, 0.3) is 0 Å². The molecule has 20 nitrogen and oxygen atoms in total. The molecule has 0 radical (unpaired) electrons. The summed E-state index contributed by atoms with van der Waals surface area (Å²) in [6.45, 7) is 17.8. The van der Waals surface area contributed by atoms with E-state index in [1.54, 1.807) is 34.6 Å². The van der Waals surface area contributed by atoms with Gasteiger partial charge in [-0.05, 0) is 108 Å². The standard InChI is InChI=1S/C12H15F7O4.C12H17F5O4.C11H13F7O4.C11H15F5O4.C11H17F3O4.5CH4/c1-5-7(2,3)6(20)22-8(4)9(13,14)10(21,11(15,16)17)23-12(8,18)19;1-4-9(2,3)8(18)20-5-7-6-21-11(19,10(7,13)14)12(15,16)17;1-4-7(2,3)6(19)21-5-8(12,13)10(20,11(16,17)18)22-9(5,14)15;1-4-8(2,3)7(17)20-6-5-19-10(18,9(6,12)13)11(14,15)16;1-4-9(2,3)8(15)18-7-5-10(16,17-6-7)11(12,13)14;;;;;/h21H,5H2,1-4H3;7,19H,4-6H2,1-3H3;5,20H,4H2,1-3H3;6,18H,4-5H2,1-3H3;7,16H,4-6H2,1-3H3;5*1H4.